The molecule has 0 rings (SSSR count). The van der Waals surface area contributed by atoms with Crippen molar-refractivity contribution in [2.24, 2.45) is 5.73 Å². The zero-order valence-corrected chi connectivity index (χ0v) is 8.02. The van der Waals surface area contributed by atoms with Crippen molar-refractivity contribution >= 4 is 22.6 Å². The van der Waals surface area contributed by atoms with Crippen LogP contribution in [0.2, 0.25) is 0 Å². The SMILES string of the molecule is CC/C(=C/CI)CCN. The molecule has 0 aromatic rings. The van der Waals surface area contributed by atoms with E-state index in [0.717, 1.165) is 23.8 Å². The number of allylic oxidation sites excluding steroid dienone is 1. The first kappa shape index (κ1) is 9.43. The Morgan fingerprint density at radius 1 is 1.67 bits per heavy atom. The van der Waals surface area contributed by atoms with E-state index in [1.54, 1.807) is 0 Å². The standard InChI is InChI=1S/C7H14IN/c1-2-7(3-5-8)4-6-9/h3H,2,4-6,9H2,1H3/b7-3-. The minimum absolute atomic E-state index is 0.788. The lowest BCUT2D eigenvalue weighted by Crippen LogP contribution is -1.99. The van der Waals surface area contributed by atoms with E-state index in [-0.39, 0.29) is 0 Å². The molecule has 0 radical (unpaired) electrons. The predicted molar refractivity (Wildman–Crippen MR) is 50.9 cm³/mol. The van der Waals surface area contributed by atoms with Gasteiger partial charge in [-0.25, -0.2) is 0 Å². The fraction of sp³-hybridized carbons (Fsp3) is 0.714. The van der Waals surface area contributed by atoms with Gasteiger partial charge in [-0.15, -0.1) is 0 Å². The van der Waals surface area contributed by atoms with Crippen LogP contribution >= 0.6 is 22.6 Å². The third kappa shape index (κ3) is 4.90. The zero-order valence-electron chi connectivity index (χ0n) is 5.86. The highest BCUT2D eigenvalue weighted by molar-refractivity contribution is 14.1. The van der Waals surface area contributed by atoms with E-state index in [1.807, 2.05) is 0 Å². The molecule has 0 amide bonds. The molecule has 0 bridgehead atoms. The van der Waals surface area contributed by atoms with Crippen molar-refractivity contribution in [1.29, 1.82) is 0 Å². The summed E-state index contributed by atoms with van der Waals surface area (Å²) < 4.78 is 1.11. The summed E-state index contributed by atoms with van der Waals surface area (Å²) in [7, 11) is 0. The van der Waals surface area contributed by atoms with Crippen molar-refractivity contribution < 1.29 is 0 Å². The van der Waals surface area contributed by atoms with E-state index in [2.05, 4.69) is 35.6 Å². The molecule has 0 unspecified atom stereocenters. The molecule has 0 saturated carbocycles. The summed E-state index contributed by atoms with van der Waals surface area (Å²) in [6.07, 6.45) is 4.48. The Balaban J connectivity index is 3.53. The Morgan fingerprint density at radius 2 is 2.33 bits per heavy atom. The van der Waals surface area contributed by atoms with Crippen LogP contribution in [0.25, 0.3) is 0 Å². The van der Waals surface area contributed by atoms with Crippen LogP contribution in [0.1, 0.15) is 19.8 Å². The van der Waals surface area contributed by atoms with Crippen LogP contribution in [-0.4, -0.2) is 11.0 Å². The molecule has 0 saturated heterocycles. The maximum absolute atomic E-state index is 5.39. The highest BCUT2D eigenvalue weighted by Crippen LogP contribution is 2.05. The average Bonchev–Trinajstić information content (AvgIpc) is 1.88. The number of alkyl halides is 1. The van der Waals surface area contributed by atoms with Crippen molar-refractivity contribution in [1.82, 2.24) is 0 Å². The van der Waals surface area contributed by atoms with Gasteiger partial charge in [0.2, 0.25) is 0 Å². The van der Waals surface area contributed by atoms with Gasteiger partial charge in [-0.1, -0.05) is 41.2 Å². The van der Waals surface area contributed by atoms with Crippen LogP contribution in [0.4, 0.5) is 0 Å². The Labute approximate surface area is 70.8 Å². The zero-order chi connectivity index (χ0) is 7.11. The van der Waals surface area contributed by atoms with Gasteiger partial charge in [0.15, 0.2) is 0 Å². The van der Waals surface area contributed by atoms with Crippen molar-refractivity contribution in [2.45, 2.75) is 19.8 Å². The molecule has 0 heterocycles. The summed E-state index contributed by atoms with van der Waals surface area (Å²) in [5, 5.41) is 0. The summed E-state index contributed by atoms with van der Waals surface area (Å²) in [5.74, 6) is 0. The number of nitrogens with two attached hydrogens (primary N) is 1. The van der Waals surface area contributed by atoms with Gasteiger partial charge >= 0.3 is 0 Å². The largest absolute Gasteiger partial charge is 0.330 e. The quantitative estimate of drug-likeness (QED) is 0.454. The summed E-state index contributed by atoms with van der Waals surface area (Å²) >= 11 is 2.35. The van der Waals surface area contributed by atoms with Gasteiger partial charge in [0, 0.05) is 4.43 Å². The number of halogens is 1. The second kappa shape index (κ2) is 6.55. The lowest BCUT2D eigenvalue weighted by atomic mass is 10.1. The lowest BCUT2D eigenvalue weighted by molar-refractivity contribution is 0.892. The molecular weight excluding hydrogens is 225 g/mol. The fourth-order valence-corrected chi connectivity index (χ4v) is 1.34. The maximum atomic E-state index is 5.39. The summed E-state index contributed by atoms with van der Waals surface area (Å²) in [6.45, 7) is 2.96. The van der Waals surface area contributed by atoms with Crippen molar-refractivity contribution in [3.05, 3.63) is 11.6 Å². The van der Waals surface area contributed by atoms with E-state index in [1.165, 1.54) is 5.57 Å². The molecule has 0 atom stereocenters. The highest BCUT2D eigenvalue weighted by Gasteiger charge is 1.89. The van der Waals surface area contributed by atoms with Gasteiger partial charge in [0.25, 0.3) is 0 Å². The van der Waals surface area contributed by atoms with Gasteiger partial charge in [0.05, 0.1) is 0 Å². The van der Waals surface area contributed by atoms with E-state index < -0.39 is 0 Å². The van der Waals surface area contributed by atoms with Gasteiger partial charge in [-0.2, -0.15) is 0 Å². The van der Waals surface area contributed by atoms with E-state index in [9.17, 15) is 0 Å². The molecule has 2 heteroatoms. The first-order valence-electron chi connectivity index (χ1n) is 3.29. The summed E-state index contributed by atoms with van der Waals surface area (Å²) in [5.41, 5.74) is 6.88. The smallest absolute Gasteiger partial charge is 0.0178 e. The Kier molecular flexibility index (Phi) is 6.86. The highest BCUT2D eigenvalue weighted by atomic mass is 127. The molecule has 54 valence electrons. The topological polar surface area (TPSA) is 26.0 Å². The van der Waals surface area contributed by atoms with Crippen LogP contribution in [0.15, 0.2) is 11.6 Å². The molecule has 0 aliphatic carbocycles. The number of hydrogen-bond acceptors (Lipinski definition) is 1. The third-order valence-corrected chi connectivity index (χ3v) is 1.73. The van der Waals surface area contributed by atoms with Crippen molar-refractivity contribution in [2.75, 3.05) is 11.0 Å². The predicted octanol–water partition coefficient (Wildman–Crippen LogP) is 2.11. The van der Waals surface area contributed by atoms with Crippen molar-refractivity contribution in [3.63, 3.8) is 0 Å². The van der Waals surface area contributed by atoms with Gasteiger partial charge in [-0.05, 0) is 19.4 Å². The van der Waals surface area contributed by atoms with Crippen LogP contribution < -0.4 is 5.73 Å². The molecule has 9 heavy (non-hydrogen) atoms. The van der Waals surface area contributed by atoms with Crippen LogP contribution in [0.3, 0.4) is 0 Å². The van der Waals surface area contributed by atoms with Crippen molar-refractivity contribution in [3.8, 4) is 0 Å². The van der Waals surface area contributed by atoms with E-state index in [4.69, 9.17) is 5.73 Å². The summed E-state index contributed by atoms with van der Waals surface area (Å²) in [4.78, 5) is 0. The molecule has 0 aromatic heterocycles. The van der Waals surface area contributed by atoms with Gasteiger partial charge < -0.3 is 5.73 Å². The average molecular weight is 239 g/mol. The molecule has 2 N–H and O–H groups in total. The van der Waals surface area contributed by atoms with E-state index >= 15 is 0 Å². The molecule has 0 aliphatic heterocycles. The minimum atomic E-state index is 0.788. The monoisotopic (exact) mass is 239 g/mol. The normalized spacial score (nSPS) is 12.1. The fourth-order valence-electron chi connectivity index (χ4n) is 0.718. The molecule has 0 aliphatic rings. The Hall–Kier alpha value is 0.430. The first-order valence-corrected chi connectivity index (χ1v) is 4.81. The second-order valence-corrected chi connectivity index (χ2v) is 2.79. The van der Waals surface area contributed by atoms with E-state index in [0.29, 0.717) is 0 Å². The molecule has 1 nitrogen and oxygen atoms in total. The van der Waals surface area contributed by atoms with Gasteiger partial charge in [-0.3, -0.25) is 0 Å². The molecular formula is C7H14IN. The molecule has 0 spiro atoms. The van der Waals surface area contributed by atoms with Gasteiger partial charge in [0.1, 0.15) is 0 Å². The van der Waals surface area contributed by atoms with Crippen LogP contribution in [0.5, 0.6) is 0 Å². The Morgan fingerprint density at radius 3 is 2.67 bits per heavy atom. The third-order valence-electron chi connectivity index (χ3n) is 1.29. The summed E-state index contributed by atoms with van der Waals surface area (Å²) in [6, 6.07) is 0. The number of hydrogen-bond donors (Lipinski definition) is 1. The first-order chi connectivity index (χ1) is 4.35. The molecule has 0 fully saturated rings. The van der Waals surface area contributed by atoms with Crippen LogP contribution in [0, 0.1) is 0 Å². The minimum Gasteiger partial charge on any atom is -0.330 e. The lowest BCUT2D eigenvalue weighted by Gasteiger charge is -1.98. The maximum Gasteiger partial charge on any atom is 0.0178 e. The van der Waals surface area contributed by atoms with Crippen LogP contribution in [-0.2, 0) is 0 Å². The second-order valence-electron chi connectivity index (χ2n) is 1.91. The Bertz CT molecular complexity index is 88.9. The molecule has 0 aromatic carbocycles. The number of rotatable bonds is 4.